The Labute approximate surface area is 174 Å². The second-order valence-corrected chi connectivity index (χ2v) is 9.07. The quantitative estimate of drug-likeness (QED) is 0.346. The minimum absolute atomic E-state index is 0.0704. The van der Waals surface area contributed by atoms with Crippen molar-refractivity contribution in [1.82, 2.24) is 19.6 Å². The van der Waals surface area contributed by atoms with Crippen LogP contribution >= 0.6 is 0 Å². The van der Waals surface area contributed by atoms with E-state index in [2.05, 4.69) is 0 Å². The number of likely N-dealkylation sites (N-methyl/N-ethyl adjacent to an activating group) is 1. The molecule has 3 rings (SSSR count). The zero-order valence-corrected chi connectivity index (χ0v) is 17.5. The highest BCUT2D eigenvalue weighted by Crippen LogP contribution is 2.31. The van der Waals surface area contributed by atoms with E-state index < -0.39 is 40.0 Å². The molecule has 4 amide bonds. The minimum atomic E-state index is -4.15. The molecular formula is C18H24N4O7S. The average molecular weight is 440 g/mol. The Bertz CT molecular complexity index is 934. The van der Waals surface area contributed by atoms with Crippen LogP contribution in [0, 0.1) is 0 Å². The Morgan fingerprint density at radius 3 is 2.47 bits per heavy atom. The Hall–Kier alpha value is -2.70. The number of urea groups is 1. The molecule has 0 saturated carbocycles. The van der Waals surface area contributed by atoms with Gasteiger partial charge in [0.15, 0.2) is 0 Å². The molecule has 0 aromatic heterocycles. The highest BCUT2D eigenvalue weighted by molar-refractivity contribution is 7.89. The maximum absolute atomic E-state index is 13.2. The summed E-state index contributed by atoms with van der Waals surface area (Å²) in [5.41, 5.74) is 1.47. The smallest absolute Gasteiger partial charge is 0.327 e. The van der Waals surface area contributed by atoms with Crippen LogP contribution in [0.4, 0.5) is 4.79 Å². The zero-order chi connectivity index (χ0) is 22.1. The average Bonchev–Trinajstić information content (AvgIpc) is 3.27. The number of benzene rings is 1. The third-order valence-electron chi connectivity index (χ3n) is 5.09. The third-order valence-corrected chi connectivity index (χ3v) is 6.98. The number of carbonyl (C=O) groups is 3. The number of ether oxygens (including phenoxy) is 1. The van der Waals surface area contributed by atoms with Crippen molar-refractivity contribution in [3.63, 3.8) is 0 Å². The summed E-state index contributed by atoms with van der Waals surface area (Å²) in [5, 5.41) is 9.07. The van der Waals surface area contributed by atoms with Crippen molar-refractivity contribution in [2.45, 2.75) is 36.7 Å². The van der Waals surface area contributed by atoms with Gasteiger partial charge in [-0.2, -0.15) is 4.31 Å². The summed E-state index contributed by atoms with van der Waals surface area (Å²) in [4.78, 5) is 38.8. The predicted octanol–water partition coefficient (Wildman–Crippen LogP) is 0.00640. The molecule has 1 aromatic carbocycles. The number of carbonyl (C=O) groups excluding carboxylic acids is 3. The first-order valence-corrected chi connectivity index (χ1v) is 10.9. The number of sulfonamides is 1. The molecular weight excluding hydrogens is 416 g/mol. The lowest BCUT2D eigenvalue weighted by atomic mass is 10.1. The predicted molar refractivity (Wildman–Crippen MR) is 103 cm³/mol. The number of amides is 4. The normalized spacial score (nSPS) is 22.6. The fourth-order valence-electron chi connectivity index (χ4n) is 3.61. The number of nitrogens with zero attached hydrogens (tertiary/aromatic N) is 3. The molecule has 0 radical (unpaired) electrons. The molecule has 0 spiro atoms. The van der Waals surface area contributed by atoms with Gasteiger partial charge in [0.25, 0.3) is 11.8 Å². The number of imide groups is 1. The highest BCUT2D eigenvalue weighted by Gasteiger charge is 2.50. The van der Waals surface area contributed by atoms with Gasteiger partial charge >= 0.3 is 6.03 Å². The molecule has 11 nitrogen and oxygen atoms in total. The van der Waals surface area contributed by atoms with E-state index in [1.54, 1.807) is 0 Å². The molecule has 2 atom stereocenters. The summed E-state index contributed by atoms with van der Waals surface area (Å²) in [7, 11) is -2.69. The van der Waals surface area contributed by atoms with E-state index in [4.69, 9.17) is 9.94 Å². The summed E-state index contributed by atoms with van der Waals surface area (Å²) in [6.45, 7) is 2.07. The van der Waals surface area contributed by atoms with Crippen molar-refractivity contribution < 1.29 is 32.7 Å². The van der Waals surface area contributed by atoms with E-state index in [1.165, 1.54) is 41.7 Å². The van der Waals surface area contributed by atoms with Crippen molar-refractivity contribution in [1.29, 1.82) is 0 Å². The fraction of sp³-hybridized carbons (Fsp3) is 0.500. The van der Waals surface area contributed by atoms with Gasteiger partial charge in [-0.25, -0.2) is 18.7 Å². The second kappa shape index (κ2) is 8.58. The second-order valence-electron chi connectivity index (χ2n) is 7.18. The largest absolute Gasteiger partial charge is 0.494 e. The van der Waals surface area contributed by atoms with Gasteiger partial charge in [-0.15, -0.1) is 0 Å². The first-order valence-electron chi connectivity index (χ1n) is 9.46. The van der Waals surface area contributed by atoms with Crippen LogP contribution in [-0.2, 0) is 19.6 Å². The van der Waals surface area contributed by atoms with Gasteiger partial charge in [-0.1, -0.05) is 6.92 Å². The van der Waals surface area contributed by atoms with Crippen LogP contribution in [0.5, 0.6) is 5.75 Å². The summed E-state index contributed by atoms with van der Waals surface area (Å²) in [6, 6.07) is 3.11. The van der Waals surface area contributed by atoms with Gasteiger partial charge in [0.2, 0.25) is 10.0 Å². The lowest BCUT2D eigenvalue weighted by Gasteiger charge is -2.23. The standard InChI is InChI=1S/C18H24N4O7S/c1-3-8-29-13-4-6-14(7-5-13)30(27,28)21-10-12(9-15(21)17(24)19-26)22-16(23)11-20(2)18(22)25/h4-7,12,15,26H,3,8-11H2,1-2H3,(H,19,24)/t12?,15-/m1/s1. The first-order chi connectivity index (χ1) is 14.2. The number of hydroxylamine groups is 1. The number of nitrogens with one attached hydrogen (secondary N) is 1. The molecule has 12 heteroatoms. The summed E-state index contributed by atoms with van der Waals surface area (Å²) < 4.78 is 32.8. The van der Waals surface area contributed by atoms with Gasteiger partial charge in [-0.05, 0) is 37.1 Å². The van der Waals surface area contributed by atoms with E-state index >= 15 is 0 Å². The van der Waals surface area contributed by atoms with Crippen LogP contribution in [-0.4, -0.2) is 84.4 Å². The van der Waals surface area contributed by atoms with Crippen LogP contribution in [0.2, 0.25) is 0 Å². The molecule has 30 heavy (non-hydrogen) atoms. The van der Waals surface area contributed by atoms with Gasteiger partial charge in [0.1, 0.15) is 18.3 Å². The molecule has 2 fully saturated rings. The van der Waals surface area contributed by atoms with Gasteiger partial charge in [0, 0.05) is 13.6 Å². The van der Waals surface area contributed by atoms with Crippen LogP contribution < -0.4 is 10.2 Å². The van der Waals surface area contributed by atoms with E-state index in [0.717, 1.165) is 15.6 Å². The van der Waals surface area contributed by atoms with Gasteiger partial charge < -0.3 is 9.64 Å². The number of hydrogen-bond donors (Lipinski definition) is 2. The maximum Gasteiger partial charge on any atom is 0.327 e. The van der Waals surface area contributed by atoms with Crippen molar-refractivity contribution in [3.8, 4) is 5.75 Å². The van der Waals surface area contributed by atoms with Crippen molar-refractivity contribution in [2.24, 2.45) is 0 Å². The molecule has 0 aliphatic carbocycles. The van der Waals surface area contributed by atoms with E-state index in [9.17, 15) is 22.8 Å². The Kier molecular flexibility index (Phi) is 6.29. The molecule has 2 aliphatic heterocycles. The first kappa shape index (κ1) is 22.0. The van der Waals surface area contributed by atoms with Crippen molar-refractivity contribution >= 4 is 27.9 Å². The van der Waals surface area contributed by atoms with Gasteiger partial charge in [0.05, 0.1) is 17.5 Å². The number of hydrogen-bond acceptors (Lipinski definition) is 7. The van der Waals surface area contributed by atoms with Crippen molar-refractivity contribution in [3.05, 3.63) is 24.3 Å². The molecule has 2 heterocycles. The molecule has 0 bridgehead atoms. The molecule has 2 aliphatic rings. The fourth-order valence-corrected chi connectivity index (χ4v) is 5.25. The molecule has 2 N–H and O–H groups in total. The summed E-state index contributed by atoms with van der Waals surface area (Å²) in [5.74, 6) is -0.889. The zero-order valence-electron chi connectivity index (χ0n) is 16.6. The van der Waals surface area contributed by atoms with Crippen molar-refractivity contribution in [2.75, 3.05) is 26.7 Å². The van der Waals surface area contributed by atoms with Crippen LogP contribution in [0.3, 0.4) is 0 Å². The van der Waals surface area contributed by atoms with Gasteiger partial charge in [-0.3, -0.25) is 19.7 Å². The highest BCUT2D eigenvalue weighted by atomic mass is 32.2. The Morgan fingerprint density at radius 1 is 1.27 bits per heavy atom. The van der Waals surface area contributed by atoms with E-state index in [0.29, 0.717) is 12.4 Å². The molecule has 1 unspecified atom stereocenters. The molecule has 164 valence electrons. The monoisotopic (exact) mass is 440 g/mol. The van der Waals surface area contributed by atoms with E-state index in [1.807, 2.05) is 6.92 Å². The SMILES string of the molecule is CCCOc1ccc(S(=O)(=O)N2CC(N3C(=O)CN(C)C3=O)C[C@@H]2C(=O)NO)cc1. The van der Waals surface area contributed by atoms with E-state index in [-0.39, 0.29) is 24.4 Å². The lowest BCUT2D eigenvalue weighted by Crippen LogP contribution is -2.45. The molecule has 2 saturated heterocycles. The van der Waals surface area contributed by atoms with Crippen LogP contribution in [0.25, 0.3) is 0 Å². The lowest BCUT2D eigenvalue weighted by molar-refractivity contribution is -0.132. The summed E-state index contributed by atoms with van der Waals surface area (Å²) in [6.07, 6.45) is 0.685. The third kappa shape index (κ3) is 3.98. The Balaban J connectivity index is 1.88. The number of rotatable bonds is 7. The van der Waals surface area contributed by atoms with Crippen LogP contribution in [0.1, 0.15) is 19.8 Å². The topological polar surface area (TPSA) is 137 Å². The van der Waals surface area contributed by atoms with Crippen LogP contribution in [0.15, 0.2) is 29.2 Å². The summed E-state index contributed by atoms with van der Waals surface area (Å²) >= 11 is 0. The maximum atomic E-state index is 13.2. The Morgan fingerprint density at radius 2 is 1.93 bits per heavy atom. The minimum Gasteiger partial charge on any atom is -0.494 e. The molecule has 1 aromatic rings.